The second-order valence-electron chi connectivity index (χ2n) is 5.74. The summed E-state index contributed by atoms with van der Waals surface area (Å²) in [6.45, 7) is 5.77. The normalized spacial score (nSPS) is 18.6. The van der Waals surface area contributed by atoms with Crippen molar-refractivity contribution in [2.75, 3.05) is 6.54 Å². The molecule has 0 aromatic heterocycles. The van der Waals surface area contributed by atoms with Gasteiger partial charge in [0.05, 0.1) is 0 Å². The van der Waals surface area contributed by atoms with Gasteiger partial charge < -0.3 is 5.32 Å². The number of rotatable bonds is 8. The lowest BCUT2D eigenvalue weighted by atomic mass is 9.91. The fourth-order valence-electron chi connectivity index (χ4n) is 2.93. The van der Waals surface area contributed by atoms with E-state index in [1.807, 2.05) is 0 Å². The van der Waals surface area contributed by atoms with E-state index in [9.17, 15) is 0 Å². The summed E-state index contributed by atoms with van der Waals surface area (Å²) in [6.07, 6.45) is 6.77. The number of nitrogens with one attached hydrogen (secondary N) is 1. The highest BCUT2D eigenvalue weighted by Gasteiger charge is 2.32. The van der Waals surface area contributed by atoms with E-state index in [-0.39, 0.29) is 0 Å². The van der Waals surface area contributed by atoms with Crippen molar-refractivity contribution in [2.24, 2.45) is 11.8 Å². The number of hydrogen-bond donors (Lipinski definition) is 1. The van der Waals surface area contributed by atoms with E-state index >= 15 is 0 Å². The van der Waals surface area contributed by atoms with Gasteiger partial charge in [-0.3, -0.25) is 0 Å². The minimum Gasteiger partial charge on any atom is -0.314 e. The SMILES string of the molecule is CCNC(CCCc1ccccc1)C(C)C1CC1. The van der Waals surface area contributed by atoms with Gasteiger partial charge in [0.25, 0.3) is 0 Å². The predicted molar refractivity (Wildman–Crippen MR) is 78.7 cm³/mol. The molecule has 1 saturated carbocycles. The van der Waals surface area contributed by atoms with Gasteiger partial charge in [0.1, 0.15) is 0 Å². The molecule has 18 heavy (non-hydrogen) atoms. The van der Waals surface area contributed by atoms with Gasteiger partial charge >= 0.3 is 0 Å². The Balaban J connectivity index is 1.75. The standard InChI is InChI=1S/C17H27N/c1-3-18-17(14(2)16-12-13-16)11-7-10-15-8-5-4-6-9-15/h4-6,8-9,14,16-18H,3,7,10-13H2,1-2H3. The van der Waals surface area contributed by atoms with Gasteiger partial charge in [-0.05, 0) is 56.0 Å². The molecule has 1 aliphatic rings. The molecule has 1 nitrogen and oxygen atoms in total. The van der Waals surface area contributed by atoms with Gasteiger partial charge in [0.2, 0.25) is 0 Å². The van der Waals surface area contributed by atoms with Crippen molar-refractivity contribution in [1.82, 2.24) is 5.32 Å². The van der Waals surface area contributed by atoms with Crippen LogP contribution in [-0.4, -0.2) is 12.6 Å². The molecular weight excluding hydrogens is 218 g/mol. The van der Waals surface area contributed by atoms with Crippen LogP contribution in [0.2, 0.25) is 0 Å². The van der Waals surface area contributed by atoms with Crippen LogP contribution in [0.3, 0.4) is 0 Å². The lowest BCUT2D eigenvalue weighted by Crippen LogP contribution is -2.35. The van der Waals surface area contributed by atoms with E-state index in [0.717, 1.165) is 24.4 Å². The summed E-state index contributed by atoms with van der Waals surface area (Å²) >= 11 is 0. The summed E-state index contributed by atoms with van der Waals surface area (Å²) < 4.78 is 0. The van der Waals surface area contributed by atoms with Gasteiger partial charge in [-0.1, -0.05) is 44.2 Å². The van der Waals surface area contributed by atoms with E-state index in [0.29, 0.717) is 0 Å². The minimum absolute atomic E-state index is 0.728. The number of aryl methyl sites for hydroxylation is 1. The smallest absolute Gasteiger partial charge is 0.00953 e. The van der Waals surface area contributed by atoms with Gasteiger partial charge in [-0.15, -0.1) is 0 Å². The summed E-state index contributed by atoms with van der Waals surface area (Å²) in [6, 6.07) is 11.6. The van der Waals surface area contributed by atoms with Crippen molar-refractivity contribution < 1.29 is 0 Å². The molecular formula is C17H27N. The fourth-order valence-corrected chi connectivity index (χ4v) is 2.93. The molecule has 0 amide bonds. The lowest BCUT2D eigenvalue weighted by molar-refractivity contribution is 0.324. The maximum atomic E-state index is 3.69. The highest BCUT2D eigenvalue weighted by Crippen LogP contribution is 2.39. The summed E-state index contributed by atoms with van der Waals surface area (Å²) in [5.41, 5.74) is 1.48. The molecule has 1 aromatic carbocycles. The van der Waals surface area contributed by atoms with Crippen LogP contribution in [0.4, 0.5) is 0 Å². The molecule has 0 bridgehead atoms. The quantitative estimate of drug-likeness (QED) is 0.729. The van der Waals surface area contributed by atoms with Gasteiger partial charge in [0.15, 0.2) is 0 Å². The van der Waals surface area contributed by atoms with E-state index in [2.05, 4.69) is 49.5 Å². The summed E-state index contributed by atoms with van der Waals surface area (Å²) in [4.78, 5) is 0. The first-order valence-electron chi connectivity index (χ1n) is 7.58. The van der Waals surface area contributed by atoms with E-state index in [4.69, 9.17) is 0 Å². The Kier molecular flexibility index (Phi) is 5.25. The lowest BCUT2D eigenvalue weighted by Gasteiger charge is -2.24. The zero-order valence-electron chi connectivity index (χ0n) is 11.9. The molecule has 1 fully saturated rings. The molecule has 0 spiro atoms. The zero-order valence-corrected chi connectivity index (χ0v) is 11.9. The third-order valence-corrected chi connectivity index (χ3v) is 4.29. The van der Waals surface area contributed by atoms with Crippen LogP contribution in [-0.2, 0) is 6.42 Å². The molecule has 0 heterocycles. The maximum Gasteiger partial charge on any atom is 0.00953 e. The van der Waals surface area contributed by atoms with Crippen LogP contribution in [0.25, 0.3) is 0 Å². The van der Waals surface area contributed by atoms with Crippen LogP contribution in [0.5, 0.6) is 0 Å². The average molecular weight is 245 g/mol. The second-order valence-corrected chi connectivity index (χ2v) is 5.74. The van der Waals surface area contributed by atoms with Crippen LogP contribution < -0.4 is 5.32 Å². The molecule has 0 radical (unpaired) electrons. The monoisotopic (exact) mass is 245 g/mol. The largest absolute Gasteiger partial charge is 0.314 e. The van der Waals surface area contributed by atoms with Crippen molar-refractivity contribution >= 4 is 0 Å². The Morgan fingerprint density at radius 1 is 1.22 bits per heavy atom. The van der Waals surface area contributed by atoms with Crippen LogP contribution in [0, 0.1) is 11.8 Å². The molecule has 1 N–H and O–H groups in total. The summed E-state index contributed by atoms with van der Waals surface area (Å²) in [5, 5.41) is 3.69. The van der Waals surface area contributed by atoms with Gasteiger partial charge in [-0.2, -0.15) is 0 Å². The van der Waals surface area contributed by atoms with E-state index in [1.54, 1.807) is 0 Å². The first-order chi connectivity index (χ1) is 8.81. The molecule has 0 aliphatic heterocycles. The molecule has 2 rings (SSSR count). The Morgan fingerprint density at radius 3 is 2.56 bits per heavy atom. The second kappa shape index (κ2) is 6.94. The molecule has 0 saturated heterocycles. The highest BCUT2D eigenvalue weighted by atomic mass is 14.9. The summed E-state index contributed by atoms with van der Waals surface area (Å²) in [7, 11) is 0. The van der Waals surface area contributed by atoms with Gasteiger partial charge in [-0.25, -0.2) is 0 Å². The third-order valence-electron chi connectivity index (χ3n) is 4.29. The first-order valence-corrected chi connectivity index (χ1v) is 7.58. The van der Waals surface area contributed by atoms with Crippen molar-refractivity contribution in [2.45, 2.75) is 52.0 Å². The summed E-state index contributed by atoms with van der Waals surface area (Å²) in [5.74, 6) is 1.87. The first kappa shape index (κ1) is 13.6. The van der Waals surface area contributed by atoms with Crippen molar-refractivity contribution in [1.29, 1.82) is 0 Å². The van der Waals surface area contributed by atoms with Crippen molar-refractivity contribution in [3.05, 3.63) is 35.9 Å². The average Bonchev–Trinajstić information content (AvgIpc) is 3.22. The Morgan fingerprint density at radius 2 is 1.94 bits per heavy atom. The maximum absolute atomic E-state index is 3.69. The molecule has 2 atom stereocenters. The Labute approximate surface area is 112 Å². The Hall–Kier alpha value is -0.820. The van der Waals surface area contributed by atoms with Crippen molar-refractivity contribution in [3.63, 3.8) is 0 Å². The molecule has 1 heteroatoms. The zero-order chi connectivity index (χ0) is 12.8. The van der Waals surface area contributed by atoms with Crippen LogP contribution >= 0.6 is 0 Å². The number of benzene rings is 1. The van der Waals surface area contributed by atoms with E-state index in [1.165, 1.54) is 37.7 Å². The third kappa shape index (κ3) is 4.13. The predicted octanol–water partition coefficient (Wildman–Crippen LogP) is 4.03. The van der Waals surface area contributed by atoms with Crippen LogP contribution in [0.1, 0.15) is 45.1 Å². The number of hydrogen-bond acceptors (Lipinski definition) is 1. The molecule has 100 valence electrons. The topological polar surface area (TPSA) is 12.0 Å². The van der Waals surface area contributed by atoms with Crippen LogP contribution in [0.15, 0.2) is 30.3 Å². The fraction of sp³-hybridized carbons (Fsp3) is 0.647. The van der Waals surface area contributed by atoms with Gasteiger partial charge in [0, 0.05) is 6.04 Å². The molecule has 1 aliphatic carbocycles. The van der Waals surface area contributed by atoms with E-state index < -0.39 is 0 Å². The highest BCUT2D eigenvalue weighted by molar-refractivity contribution is 5.14. The van der Waals surface area contributed by atoms with Crippen molar-refractivity contribution in [3.8, 4) is 0 Å². The molecule has 1 aromatic rings. The molecule has 2 unspecified atom stereocenters. The Bertz CT molecular complexity index is 329. The minimum atomic E-state index is 0.728.